The molecule has 0 saturated carbocycles. The van der Waals surface area contributed by atoms with Gasteiger partial charge in [-0.05, 0) is 96.2 Å². The summed E-state index contributed by atoms with van der Waals surface area (Å²) in [5.41, 5.74) is 6.81. The van der Waals surface area contributed by atoms with Crippen LogP contribution in [0, 0.1) is 20.8 Å². The van der Waals surface area contributed by atoms with E-state index in [2.05, 4.69) is 91.6 Å². The lowest BCUT2D eigenvalue weighted by Crippen LogP contribution is -2.37. The Labute approximate surface area is 224 Å². The molecule has 2 atom stereocenters. The molecule has 1 aliphatic rings. The average molecular weight is 504 g/mol. The lowest BCUT2D eigenvalue weighted by molar-refractivity contribution is -0.00637. The Balaban J connectivity index is 1.66. The summed E-state index contributed by atoms with van der Waals surface area (Å²) in [5, 5.41) is 3.09. The highest BCUT2D eigenvalue weighted by atomic mass is 16.5. The first-order chi connectivity index (χ1) is 17.5. The second-order valence-corrected chi connectivity index (χ2v) is 11.2. The molecule has 0 saturated heterocycles. The number of anilines is 1. The van der Waals surface area contributed by atoms with E-state index in [1.807, 2.05) is 39.8 Å². The molecule has 0 aromatic heterocycles. The van der Waals surface area contributed by atoms with Gasteiger partial charge in [-0.3, -0.25) is 4.79 Å². The van der Waals surface area contributed by atoms with Crippen LogP contribution in [0.5, 0.6) is 0 Å². The lowest BCUT2D eigenvalue weighted by Gasteiger charge is -2.33. The van der Waals surface area contributed by atoms with Gasteiger partial charge in [-0.1, -0.05) is 42.8 Å². The number of ether oxygens (including phenoxy) is 1. The molecule has 1 N–H and O–H groups in total. The molecule has 37 heavy (non-hydrogen) atoms. The number of aryl methyl sites for hydroxylation is 3. The molecule has 3 rings (SSSR count). The molecule has 0 spiro atoms. The third kappa shape index (κ3) is 7.96. The van der Waals surface area contributed by atoms with E-state index in [1.165, 1.54) is 27.9 Å². The van der Waals surface area contributed by atoms with Crippen LogP contribution in [-0.2, 0) is 11.3 Å². The van der Waals surface area contributed by atoms with Crippen LogP contribution in [0.3, 0.4) is 0 Å². The number of carbonyl (C=O) groups excluding carboxylic acids is 1. The van der Waals surface area contributed by atoms with Gasteiger partial charge in [0.15, 0.2) is 0 Å². The van der Waals surface area contributed by atoms with E-state index in [9.17, 15) is 4.79 Å². The van der Waals surface area contributed by atoms with Crippen molar-refractivity contribution in [3.63, 3.8) is 0 Å². The first kappa shape index (κ1) is 28.5. The zero-order valence-corrected chi connectivity index (χ0v) is 24.0. The first-order valence-electron chi connectivity index (χ1n) is 13.5. The Bertz CT molecular complexity index is 1090. The predicted octanol–water partition coefficient (Wildman–Crippen LogP) is 7.02. The van der Waals surface area contributed by atoms with Crippen molar-refractivity contribution in [2.45, 2.75) is 92.6 Å². The lowest BCUT2D eigenvalue weighted by atomic mass is 10.0. The number of benzene rings is 2. The van der Waals surface area contributed by atoms with Crippen molar-refractivity contribution in [2.24, 2.45) is 0 Å². The Morgan fingerprint density at radius 2 is 1.73 bits per heavy atom. The number of carbonyl (C=O) groups is 1. The number of hydrogen-bond acceptors (Lipinski definition) is 4. The molecule has 200 valence electrons. The minimum Gasteiger partial charge on any atom is -0.376 e. The molecule has 2 aromatic carbocycles. The van der Waals surface area contributed by atoms with Crippen LogP contribution >= 0.6 is 0 Å². The van der Waals surface area contributed by atoms with Crippen LogP contribution in [0.4, 0.5) is 5.69 Å². The molecular formula is C32H45N3O2. The van der Waals surface area contributed by atoms with Crippen molar-refractivity contribution in [1.29, 1.82) is 0 Å². The van der Waals surface area contributed by atoms with Crippen molar-refractivity contribution < 1.29 is 9.53 Å². The molecule has 2 unspecified atom stereocenters. The fraction of sp³-hybridized carbons (Fsp3) is 0.469. The summed E-state index contributed by atoms with van der Waals surface area (Å²) in [7, 11) is 0. The maximum Gasteiger partial charge on any atom is 0.251 e. The summed E-state index contributed by atoms with van der Waals surface area (Å²) in [6.07, 6.45) is 10.8. The van der Waals surface area contributed by atoms with E-state index in [0.717, 1.165) is 19.4 Å². The molecule has 5 heteroatoms. The zero-order chi connectivity index (χ0) is 27.2. The van der Waals surface area contributed by atoms with Gasteiger partial charge in [0.2, 0.25) is 0 Å². The maximum absolute atomic E-state index is 12.7. The first-order valence-corrected chi connectivity index (χ1v) is 13.5. The second kappa shape index (κ2) is 12.5. The molecule has 1 aliphatic heterocycles. The van der Waals surface area contributed by atoms with E-state index in [0.29, 0.717) is 12.2 Å². The highest BCUT2D eigenvalue weighted by molar-refractivity contribution is 5.94. The van der Waals surface area contributed by atoms with Gasteiger partial charge >= 0.3 is 0 Å². The molecule has 0 aliphatic carbocycles. The number of hydrogen-bond donors (Lipinski definition) is 1. The average Bonchev–Trinajstić information content (AvgIpc) is 3.18. The molecule has 2 aromatic rings. The highest BCUT2D eigenvalue weighted by Gasteiger charge is 2.27. The van der Waals surface area contributed by atoms with Gasteiger partial charge in [0.1, 0.15) is 6.17 Å². The summed E-state index contributed by atoms with van der Waals surface area (Å²) >= 11 is 0. The zero-order valence-electron chi connectivity index (χ0n) is 24.0. The Morgan fingerprint density at radius 1 is 1.08 bits per heavy atom. The summed E-state index contributed by atoms with van der Waals surface area (Å²) in [5.74, 6) is -0.0453. The quantitative estimate of drug-likeness (QED) is 0.354. The maximum atomic E-state index is 12.7. The van der Waals surface area contributed by atoms with Gasteiger partial charge in [0, 0.05) is 42.8 Å². The standard InChI is InChI=1S/C32H45N3O2/c1-9-10-11-29-34(17-18-35(29)30-24(3)20-23(2)21-25(30)4)22-27-12-14-28(15-13-27)31(36)33-26(5)16-19-37-32(6,7)8/h10-15,17-18,20-21,26,29H,9,16,19,22H2,1-8H3,(H,33,36)/b11-10-. The fourth-order valence-corrected chi connectivity index (χ4v) is 4.78. The largest absolute Gasteiger partial charge is 0.376 e. The number of amides is 1. The normalized spacial score (nSPS) is 16.6. The van der Waals surface area contributed by atoms with Gasteiger partial charge in [0.25, 0.3) is 5.91 Å². The molecule has 0 fully saturated rings. The summed E-state index contributed by atoms with van der Waals surface area (Å²) < 4.78 is 5.78. The van der Waals surface area contributed by atoms with Crippen LogP contribution in [0.15, 0.2) is 61.0 Å². The van der Waals surface area contributed by atoms with Crippen LogP contribution in [0.25, 0.3) is 0 Å². The summed E-state index contributed by atoms with van der Waals surface area (Å²) in [6, 6.07) is 12.5. The number of nitrogens with one attached hydrogen (secondary N) is 1. The minimum absolute atomic E-state index is 0.0453. The minimum atomic E-state index is -0.162. The number of allylic oxidation sites excluding steroid dienone is 1. The van der Waals surface area contributed by atoms with E-state index >= 15 is 0 Å². The van der Waals surface area contributed by atoms with Gasteiger partial charge < -0.3 is 19.9 Å². The number of nitrogens with zero attached hydrogens (tertiary/aromatic N) is 2. The van der Waals surface area contributed by atoms with E-state index in [1.54, 1.807) is 0 Å². The summed E-state index contributed by atoms with van der Waals surface area (Å²) in [4.78, 5) is 17.4. The smallest absolute Gasteiger partial charge is 0.251 e. The Kier molecular flexibility index (Phi) is 9.61. The van der Waals surface area contributed by atoms with Crippen molar-refractivity contribution >= 4 is 11.6 Å². The van der Waals surface area contributed by atoms with E-state index in [4.69, 9.17) is 4.74 Å². The van der Waals surface area contributed by atoms with Crippen LogP contribution in [0.2, 0.25) is 0 Å². The van der Waals surface area contributed by atoms with Crippen LogP contribution in [-0.4, -0.2) is 35.2 Å². The SMILES string of the molecule is CC/C=C\C1N(Cc2ccc(C(=O)NC(C)CCOC(C)(C)C)cc2)C=CN1c1c(C)cc(C)cc1C. The van der Waals surface area contributed by atoms with E-state index in [-0.39, 0.29) is 23.7 Å². The molecule has 5 nitrogen and oxygen atoms in total. The summed E-state index contributed by atoms with van der Waals surface area (Å²) in [6.45, 7) is 18.2. The highest BCUT2D eigenvalue weighted by Crippen LogP contribution is 2.33. The monoisotopic (exact) mass is 503 g/mol. The molecule has 1 amide bonds. The Morgan fingerprint density at radius 3 is 2.32 bits per heavy atom. The van der Waals surface area contributed by atoms with Gasteiger partial charge in [-0.25, -0.2) is 0 Å². The van der Waals surface area contributed by atoms with Crippen LogP contribution in [0.1, 0.15) is 80.1 Å². The van der Waals surface area contributed by atoms with Gasteiger partial charge in [-0.15, -0.1) is 0 Å². The molecule has 0 radical (unpaired) electrons. The van der Waals surface area contributed by atoms with Crippen molar-refractivity contribution in [3.8, 4) is 0 Å². The van der Waals surface area contributed by atoms with Crippen LogP contribution < -0.4 is 10.2 Å². The fourth-order valence-electron chi connectivity index (χ4n) is 4.78. The van der Waals surface area contributed by atoms with Gasteiger partial charge in [0.05, 0.1) is 5.60 Å². The second-order valence-electron chi connectivity index (χ2n) is 11.2. The third-order valence-corrected chi connectivity index (χ3v) is 6.53. The molecular weight excluding hydrogens is 458 g/mol. The molecule has 1 heterocycles. The van der Waals surface area contributed by atoms with Crippen molar-refractivity contribution in [3.05, 3.63) is 88.8 Å². The van der Waals surface area contributed by atoms with E-state index < -0.39 is 0 Å². The number of rotatable bonds is 10. The van der Waals surface area contributed by atoms with Crippen molar-refractivity contribution in [2.75, 3.05) is 11.5 Å². The predicted molar refractivity (Wildman–Crippen MR) is 155 cm³/mol. The molecule has 0 bridgehead atoms. The van der Waals surface area contributed by atoms with Gasteiger partial charge in [-0.2, -0.15) is 0 Å². The third-order valence-electron chi connectivity index (χ3n) is 6.53. The topological polar surface area (TPSA) is 44.8 Å². The van der Waals surface area contributed by atoms with Crippen molar-refractivity contribution in [1.82, 2.24) is 10.2 Å². The Hall–Kier alpha value is -3.05.